The zero-order valence-electron chi connectivity index (χ0n) is 10.4. The zero-order chi connectivity index (χ0) is 13.1. The highest BCUT2D eigenvalue weighted by molar-refractivity contribution is 9.10. The molecule has 0 heterocycles. The predicted octanol–water partition coefficient (Wildman–Crippen LogP) is 3.33. The fraction of sp³-hybridized carbons (Fsp3) is 0.308. The number of aliphatic imine (C=N–C) groups is 1. The Kier molecular flexibility index (Phi) is 4.34. The van der Waals surface area contributed by atoms with Gasteiger partial charge in [-0.3, -0.25) is 0 Å². The molecule has 0 spiro atoms. The Bertz CT molecular complexity index is 456. The first-order valence-corrected chi connectivity index (χ1v) is 6.16. The van der Waals surface area contributed by atoms with Gasteiger partial charge in [0.1, 0.15) is 5.84 Å². The number of nitrogens with two attached hydrogens (primary N) is 2. The van der Waals surface area contributed by atoms with E-state index in [-0.39, 0.29) is 5.41 Å². The molecule has 17 heavy (non-hydrogen) atoms. The Balaban J connectivity index is 2.94. The first-order chi connectivity index (χ1) is 7.79. The zero-order valence-corrected chi connectivity index (χ0v) is 12.0. The Morgan fingerprint density at radius 2 is 1.94 bits per heavy atom. The molecule has 0 saturated carbocycles. The van der Waals surface area contributed by atoms with E-state index in [4.69, 9.17) is 11.5 Å². The van der Waals surface area contributed by atoms with E-state index in [1.54, 1.807) is 6.08 Å². The summed E-state index contributed by atoms with van der Waals surface area (Å²) >= 11 is 3.38. The van der Waals surface area contributed by atoms with Crippen LogP contribution in [0.4, 0.5) is 5.69 Å². The number of allylic oxidation sites excluding steroid dienone is 1. The van der Waals surface area contributed by atoms with Crippen LogP contribution in [0.25, 0.3) is 0 Å². The molecule has 0 bridgehead atoms. The molecular formula is C13H18BrN3. The van der Waals surface area contributed by atoms with E-state index in [1.165, 1.54) is 0 Å². The van der Waals surface area contributed by atoms with Gasteiger partial charge in [-0.25, -0.2) is 4.99 Å². The standard InChI is InChI=1S/C13H18BrN3/c1-13(2,3)11(15)8-12(16)17-10-6-4-5-9(14)7-10/h4-8H,15H2,1-3H3,(H2,16,17)/b11-8-. The topological polar surface area (TPSA) is 64.4 Å². The van der Waals surface area contributed by atoms with Crippen LogP contribution in [0, 0.1) is 5.41 Å². The van der Waals surface area contributed by atoms with Gasteiger partial charge in [-0.15, -0.1) is 0 Å². The van der Waals surface area contributed by atoms with Gasteiger partial charge in [0.15, 0.2) is 0 Å². The second kappa shape index (κ2) is 5.36. The molecular weight excluding hydrogens is 278 g/mol. The Morgan fingerprint density at radius 3 is 2.47 bits per heavy atom. The van der Waals surface area contributed by atoms with Gasteiger partial charge >= 0.3 is 0 Å². The normalized spacial score (nSPS) is 13.9. The second-order valence-corrected chi connectivity index (χ2v) is 5.78. The maximum Gasteiger partial charge on any atom is 0.125 e. The van der Waals surface area contributed by atoms with Crippen LogP contribution in [0.1, 0.15) is 20.8 Å². The fourth-order valence-corrected chi connectivity index (χ4v) is 1.49. The average Bonchev–Trinajstić information content (AvgIpc) is 2.15. The van der Waals surface area contributed by atoms with Crippen LogP contribution in [0.3, 0.4) is 0 Å². The molecule has 1 aromatic carbocycles. The summed E-state index contributed by atoms with van der Waals surface area (Å²) in [6.07, 6.45) is 1.71. The minimum atomic E-state index is -0.0998. The van der Waals surface area contributed by atoms with Gasteiger partial charge < -0.3 is 11.5 Å². The van der Waals surface area contributed by atoms with E-state index in [0.717, 1.165) is 10.2 Å². The van der Waals surface area contributed by atoms with Gasteiger partial charge in [0.05, 0.1) is 5.69 Å². The molecule has 1 rings (SSSR count). The SMILES string of the molecule is CC(C)(C)/C(N)=C/C(N)=Nc1cccc(Br)c1. The molecule has 4 N–H and O–H groups in total. The molecule has 3 nitrogen and oxygen atoms in total. The van der Waals surface area contributed by atoms with Crippen LogP contribution >= 0.6 is 15.9 Å². The second-order valence-electron chi connectivity index (χ2n) is 4.87. The lowest BCUT2D eigenvalue weighted by molar-refractivity contribution is 0.498. The van der Waals surface area contributed by atoms with E-state index < -0.39 is 0 Å². The third-order valence-electron chi connectivity index (χ3n) is 2.24. The van der Waals surface area contributed by atoms with Crippen molar-refractivity contribution in [3.8, 4) is 0 Å². The lowest BCUT2D eigenvalue weighted by atomic mass is 9.92. The first-order valence-electron chi connectivity index (χ1n) is 5.36. The van der Waals surface area contributed by atoms with Crippen LogP contribution in [0.15, 0.2) is 45.5 Å². The molecule has 0 aliphatic heterocycles. The number of amidine groups is 1. The highest BCUT2D eigenvalue weighted by atomic mass is 79.9. The quantitative estimate of drug-likeness (QED) is 0.649. The summed E-state index contributed by atoms with van der Waals surface area (Å²) in [5, 5.41) is 0. The van der Waals surface area contributed by atoms with Crippen molar-refractivity contribution in [3.63, 3.8) is 0 Å². The number of hydrogen-bond donors (Lipinski definition) is 2. The Hall–Kier alpha value is -1.29. The minimum Gasteiger partial charge on any atom is -0.401 e. The van der Waals surface area contributed by atoms with Crippen molar-refractivity contribution in [1.29, 1.82) is 0 Å². The number of rotatable bonds is 2. The van der Waals surface area contributed by atoms with Crippen LogP contribution in [0.5, 0.6) is 0 Å². The molecule has 1 aromatic rings. The molecule has 92 valence electrons. The highest BCUT2D eigenvalue weighted by Crippen LogP contribution is 2.21. The lowest BCUT2D eigenvalue weighted by Gasteiger charge is -2.18. The molecule has 0 atom stereocenters. The highest BCUT2D eigenvalue weighted by Gasteiger charge is 2.13. The van der Waals surface area contributed by atoms with Crippen molar-refractivity contribution in [1.82, 2.24) is 0 Å². The summed E-state index contributed by atoms with van der Waals surface area (Å²) in [6, 6.07) is 7.63. The number of halogens is 1. The Labute approximate surface area is 111 Å². The van der Waals surface area contributed by atoms with Crippen LogP contribution in [-0.4, -0.2) is 5.84 Å². The molecule has 0 aliphatic carbocycles. The van der Waals surface area contributed by atoms with Gasteiger partial charge in [0.25, 0.3) is 0 Å². The Morgan fingerprint density at radius 1 is 1.29 bits per heavy atom. The van der Waals surface area contributed by atoms with Crippen LogP contribution in [0.2, 0.25) is 0 Å². The number of benzene rings is 1. The van der Waals surface area contributed by atoms with E-state index >= 15 is 0 Å². The summed E-state index contributed by atoms with van der Waals surface area (Å²) in [7, 11) is 0. The van der Waals surface area contributed by atoms with Gasteiger partial charge in [0.2, 0.25) is 0 Å². The third kappa shape index (κ3) is 4.61. The minimum absolute atomic E-state index is 0.0998. The van der Waals surface area contributed by atoms with Crippen molar-refractivity contribution in [2.75, 3.05) is 0 Å². The van der Waals surface area contributed by atoms with E-state index in [0.29, 0.717) is 11.5 Å². The molecule has 0 aliphatic rings. The van der Waals surface area contributed by atoms with Crippen molar-refractivity contribution in [2.45, 2.75) is 20.8 Å². The van der Waals surface area contributed by atoms with Crippen molar-refractivity contribution < 1.29 is 0 Å². The van der Waals surface area contributed by atoms with Gasteiger partial charge in [-0.1, -0.05) is 42.8 Å². The van der Waals surface area contributed by atoms with Crippen LogP contribution < -0.4 is 11.5 Å². The lowest BCUT2D eigenvalue weighted by Crippen LogP contribution is -2.20. The van der Waals surface area contributed by atoms with Crippen molar-refractivity contribution in [3.05, 3.63) is 40.5 Å². The van der Waals surface area contributed by atoms with Crippen molar-refractivity contribution in [2.24, 2.45) is 21.9 Å². The van der Waals surface area contributed by atoms with E-state index in [2.05, 4.69) is 20.9 Å². The molecule has 4 heteroatoms. The van der Waals surface area contributed by atoms with Gasteiger partial charge in [0, 0.05) is 15.6 Å². The van der Waals surface area contributed by atoms with Crippen molar-refractivity contribution >= 4 is 27.5 Å². The largest absolute Gasteiger partial charge is 0.401 e. The number of hydrogen-bond acceptors (Lipinski definition) is 2. The van der Waals surface area contributed by atoms with Crippen LogP contribution in [-0.2, 0) is 0 Å². The summed E-state index contributed by atoms with van der Waals surface area (Å²) in [5.41, 5.74) is 13.2. The predicted molar refractivity (Wildman–Crippen MR) is 77.1 cm³/mol. The maximum atomic E-state index is 5.93. The van der Waals surface area contributed by atoms with Gasteiger partial charge in [-0.2, -0.15) is 0 Å². The summed E-state index contributed by atoms with van der Waals surface area (Å²) in [6.45, 7) is 6.10. The first kappa shape index (κ1) is 13.8. The maximum absolute atomic E-state index is 5.93. The van der Waals surface area contributed by atoms with Gasteiger partial charge in [-0.05, 0) is 24.3 Å². The summed E-state index contributed by atoms with van der Waals surface area (Å²) in [4.78, 5) is 4.28. The fourth-order valence-electron chi connectivity index (χ4n) is 1.10. The summed E-state index contributed by atoms with van der Waals surface area (Å²) in [5.74, 6) is 0.413. The molecule has 0 saturated heterocycles. The number of nitrogens with zero attached hydrogens (tertiary/aromatic N) is 1. The monoisotopic (exact) mass is 295 g/mol. The summed E-state index contributed by atoms with van der Waals surface area (Å²) < 4.78 is 0.972. The molecule has 0 amide bonds. The van der Waals surface area contributed by atoms with E-state index in [9.17, 15) is 0 Å². The smallest absolute Gasteiger partial charge is 0.125 e. The third-order valence-corrected chi connectivity index (χ3v) is 2.73. The molecule has 0 aromatic heterocycles. The average molecular weight is 296 g/mol. The molecule has 0 unspecified atom stereocenters. The van der Waals surface area contributed by atoms with E-state index in [1.807, 2.05) is 45.0 Å². The molecule has 0 radical (unpaired) electrons. The molecule has 0 fully saturated rings.